The number of hydrogen-bond donors (Lipinski definition) is 2. The van der Waals surface area contributed by atoms with E-state index in [9.17, 15) is 0 Å². The summed E-state index contributed by atoms with van der Waals surface area (Å²) in [6.45, 7) is 1.88. The summed E-state index contributed by atoms with van der Waals surface area (Å²) < 4.78 is 1.82. The lowest BCUT2D eigenvalue weighted by Crippen LogP contribution is -2.24. The van der Waals surface area contributed by atoms with Crippen molar-refractivity contribution in [1.29, 1.82) is 0 Å². The summed E-state index contributed by atoms with van der Waals surface area (Å²) in [6, 6.07) is 2.73. The van der Waals surface area contributed by atoms with Crippen LogP contribution < -0.4 is 10.6 Å². The van der Waals surface area contributed by atoms with E-state index in [1.54, 1.807) is 12.4 Å². The van der Waals surface area contributed by atoms with E-state index in [1.165, 1.54) is 12.8 Å². The molecule has 1 fully saturated rings. The van der Waals surface area contributed by atoms with Gasteiger partial charge in [-0.2, -0.15) is 5.10 Å². The highest BCUT2D eigenvalue weighted by Gasteiger charge is 2.19. The highest BCUT2D eigenvalue weighted by molar-refractivity contribution is 5.66. The smallest absolute Gasteiger partial charge is 0.152 e. The van der Waals surface area contributed by atoms with Crippen molar-refractivity contribution in [3.05, 3.63) is 24.7 Å². The Hall–Kier alpha value is -1.62. The molecule has 0 unspecified atom stereocenters. The Bertz CT molecular complexity index is 474. The van der Waals surface area contributed by atoms with Crippen LogP contribution in [0.2, 0.25) is 0 Å². The molecule has 0 spiro atoms. The van der Waals surface area contributed by atoms with Crippen molar-refractivity contribution < 1.29 is 0 Å². The van der Waals surface area contributed by atoms with E-state index in [1.807, 2.05) is 16.8 Å². The van der Waals surface area contributed by atoms with E-state index >= 15 is 0 Å². The first-order valence-corrected chi connectivity index (χ1v) is 5.69. The van der Waals surface area contributed by atoms with Crippen molar-refractivity contribution in [2.75, 3.05) is 18.4 Å². The molecule has 1 aliphatic rings. The minimum Gasteiger partial charge on any atom is -0.367 e. The largest absolute Gasteiger partial charge is 0.367 e. The van der Waals surface area contributed by atoms with Crippen molar-refractivity contribution >= 4 is 11.3 Å². The molecular formula is C11H15N5. The highest BCUT2D eigenvalue weighted by Crippen LogP contribution is 2.18. The molecule has 0 saturated heterocycles. The van der Waals surface area contributed by atoms with Gasteiger partial charge in [0.1, 0.15) is 5.52 Å². The summed E-state index contributed by atoms with van der Waals surface area (Å²) in [5, 5.41) is 10.9. The summed E-state index contributed by atoms with van der Waals surface area (Å²) >= 11 is 0. The number of anilines is 1. The van der Waals surface area contributed by atoms with E-state index < -0.39 is 0 Å². The fourth-order valence-corrected chi connectivity index (χ4v) is 1.74. The summed E-state index contributed by atoms with van der Waals surface area (Å²) in [7, 11) is 0. The van der Waals surface area contributed by atoms with Gasteiger partial charge in [0.2, 0.25) is 0 Å². The van der Waals surface area contributed by atoms with Gasteiger partial charge in [-0.1, -0.05) is 0 Å². The molecule has 16 heavy (non-hydrogen) atoms. The minimum absolute atomic E-state index is 0.764. The van der Waals surface area contributed by atoms with Crippen molar-refractivity contribution in [2.45, 2.75) is 18.9 Å². The topological polar surface area (TPSA) is 54.2 Å². The summed E-state index contributed by atoms with van der Waals surface area (Å²) in [5.41, 5.74) is 1.02. The van der Waals surface area contributed by atoms with E-state index in [2.05, 4.69) is 20.7 Å². The molecule has 3 rings (SSSR count). The van der Waals surface area contributed by atoms with Gasteiger partial charge in [0.05, 0.1) is 6.20 Å². The van der Waals surface area contributed by atoms with E-state index in [0.717, 1.165) is 30.5 Å². The fraction of sp³-hybridized carbons (Fsp3) is 0.455. The lowest BCUT2D eigenvalue weighted by molar-refractivity contribution is 0.700. The molecule has 0 aromatic carbocycles. The molecule has 1 aliphatic carbocycles. The molecule has 0 atom stereocenters. The molecule has 5 heteroatoms. The van der Waals surface area contributed by atoms with E-state index in [0.29, 0.717) is 0 Å². The highest BCUT2D eigenvalue weighted by atomic mass is 15.2. The maximum absolute atomic E-state index is 4.31. The third kappa shape index (κ3) is 1.99. The SMILES string of the molecule is c1cn2nccc2c(NCCNC2CC2)n1. The van der Waals surface area contributed by atoms with Crippen LogP contribution in [0.25, 0.3) is 5.52 Å². The molecular weight excluding hydrogens is 202 g/mol. The molecule has 0 radical (unpaired) electrons. The third-order valence-corrected chi connectivity index (χ3v) is 2.75. The average molecular weight is 217 g/mol. The van der Waals surface area contributed by atoms with Crippen LogP contribution in [-0.4, -0.2) is 33.7 Å². The molecule has 2 N–H and O–H groups in total. The Morgan fingerprint density at radius 2 is 2.25 bits per heavy atom. The fourth-order valence-electron chi connectivity index (χ4n) is 1.74. The first-order chi connectivity index (χ1) is 7.93. The number of nitrogens with one attached hydrogen (secondary N) is 2. The monoisotopic (exact) mass is 217 g/mol. The van der Waals surface area contributed by atoms with Crippen LogP contribution in [0.15, 0.2) is 24.7 Å². The Balaban J connectivity index is 1.61. The second-order valence-electron chi connectivity index (χ2n) is 4.09. The lowest BCUT2D eigenvalue weighted by atomic mass is 10.4. The molecule has 2 aromatic heterocycles. The van der Waals surface area contributed by atoms with Gasteiger partial charge in [0, 0.05) is 31.5 Å². The summed E-state index contributed by atoms with van der Waals surface area (Å²) in [5.74, 6) is 0.901. The van der Waals surface area contributed by atoms with E-state index in [-0.39, 0.29) is 0 Å². The van der Waals surface area contributed by atoms with Gasteiger partial charge in [-0.3, -0.25) is 0 Å². The van der Waals surface area contributed by atoms with Gasteiger partial charge in [-0.25, -0.2) is 9.50 Å². The maximum Gasteiger partial charge on any atom is 0.152 e. The molecule has 5 nitrogen and oxygen atoms in total. The average Bonchev–Trinajstić information content (AvgIpc) is 3.00. The van der Waals surface area contributed by atoms with Crippen molar-refractivity contribution in [1.82, 2.24) is 19.9 Å². The summed E-state index contributed by atoms with van der Waals surface area (Å²) in [6.07, 6.45) is 8.05. The first-order valence-electron chi connectivity index (χ1n) is 5.69. The van der Waals surface area contributed by atoms with Crippen LogP contribution in [0, 0.1) is 0 Å². The van der Waals surface area contributed by atoms with Gasteiger partial charge in [-0.05, 0) is 18.9 Å². The lowest BCUT2D eigenvalue weighted by Gasteiger charge is -2.07. The number of nitrogens with zero attached hydrogens (tertiary/aromatic N) is 3. The Morgan fingerprint density at radius 3 is 3.12 bits per heavy atom. The van der Waals surface area contributed by atoms with Crippen molar-refractivity contribution in [3.63, 3.8) is 0 Å². The van der Waals surface area contributed by atoms with Crippen LogP contribution >= 0.6 is 0 Å². The van der Waals surface area contributed by atoms with Gasteiger partial charge in [0.25, 0.3) is 0 Å². The Kier molecular flexibility index (Phi) is 2.46. The third-order valence-electron chi connectivity index (χ3n) is 2.75. The van der Waals surface area contributed by atoms with Crippen LogP contribution in [0.3, 0.4) is 0 Å². The van der Waals surface area contributed by atoms with Crippen LogP contribution in [0.1, 0.15) is 12.8 Å². The minimum atomic E-state index is 0.764. The zero-order valence-electron chi connectivity index (χ0n) is 9.06. The molecule has 1 saturated carbocycles. The van der Waals surface area contributed by atoms with Crippen molar-refractivity contribution in [2.24, 2.45) is 0 Å². The predicted molar refractivity (Wildman–Crippen MR) is 62.5 cm³/mol. The van der Waals surface area contributed by atoms with Crippen LogP contribution in [-0.2, 0) is 0 Å². The van der Waals surface area contributed by atoms with Crippen LogP contribution in [0.5, 0.6) is 0 Å². The van der Waals surface area contributed by atoms with Gasteiger partial charge in [0.15, 0.2) is 5.82 Å². The van der Waals surface area contributed by atoms with Crippen molar-refractivity contribution in [3.8, 4) is 0 Å². The Labute approximate surface area is 93.9 Å². The van der Waals surface area contributed by atoms with Gasteiger partial charge >= 0.3 is 0 Å². The van der Waals surface area contributed by atoms with Gasteiger partial charge < -0.3 is 10.6 Å². The molecule has 2 aromatic rings. The van der Waals surface area contributed by atoms with E-state index in [4.69, 9.17) is 0 Å². The first kappa shape index (κ1) is 9.59. The number of hydrogen-bond acceptors (Lipinski definition) is 4. The molecule has 0 bridgehead atoms. The second kappa shape index (κ2) is 4.09. The maximum atomic E-state index is 4.31. The second-order valence-corrected chi connectivity index (χ2v) is 4.09. The molecule has 0 aliphatic heterocycles. The number of aromatic nitrogens is 3. The predicted octanol–water partition coefficient (Wildman–Crippen LogP) is 0.893. The number of fused-ring (bicyclic) bond motifs is 1. The van der Waals surface area contributed by atoms with Gasteiger partial charge in [-0.15, -0.1) is 0 Å². The zero-order valence-corrected chi connectivity index (χ0v) is 9.06. The standard InChI is InChI=1S/C11H15N5/c1-2-9(1)12-5-6-13-11-10-3-4-15-16(10)8-7-14-11/h3-4,7-9,12H,1-2,5-6H2,(H,13,14). The number of rotatable bonds is 5. The zero-order chi connectivity index (χ0) is 10.8. The van der Waals surface area contributed by atoms with Crippen LogP contribution in [0.4, 0.5) is 5.82 Å². The Morgan fingerprint density at radius 1 is 1.31 bits per heavy atom. The molecule has 84 valence electrons. The molecule has 2 heterocycles. The normalized spacial score (nSPS) is 15.5. The summed E-state index contributed by atoms with van der Waals surface area (Å²) in [4.78, 5) is 4.31. The quantitative estimate of drug-likeness (QED) is 0.730. The molecule has 0 amide bonds.